The van der Waals surface area contributed by atoms with Crippen LogP contribution in [-0.4, -0.2) is 4.98 Å². The summed E-state index contributed by atoms with van der Waals surface area (Å²) in [6, 6.07) is 52.4. The molecule has 8 aromatic rings. The lowest BCUT2D eigenvalue weighted by atomic mass is 9.78. The molecule has 9 rings (SSSR count). The van der Waals surface area contributed by atoms with E-state index >= 15 is 0 Å². The van der Waals surface area contributed by atoms with Gasteiger partial charge < -0.3 is 4.42 Å². The van der Waals surface area contributed by atoms with Crippen LogP contribution in [0.3, 0.4) is 0 Å². The van der Waals surface area contributed by atoms with E-state index in [1.54, 1.807) is 0 Å². The third-order valence-electron chi connectivity index (χ3n) is 8.72. The van der Waals surface area contributed by atoms with Crippen LogP contribution in [0.4, 0.5) is 0 Å². The highest BCUT2D eigenvalue weighted by molar-refractivity contribution is 6.07. The van der Waals surface area contributed by atoms with E-state index in [2.05, 4.69) is 138 Å². The first-order chi connectivity index (χ1) is 21.3. The fraction of sp³-hybridized carbons (Fsp3) is 0. The summed E-state index contributed by atoms with van der Waals surface area (Å²) in [5.74, 6) is 0. The van der Waals surface area contributed by atoms with Gasteiger partial charge in [0.05, 0.1) is 0 Å². The third-order valence-corrected chi connectivity index (χ3v) is 8.72. The number of pyridine rings is 1. The van der Waals surface area contributed by atoms with Crippen LogP contribution in [0, 0.1) is 0 Å². The molecule has 0 radical (unpaired) electrons. The van der Waals surface area contributed by atoms with E-state index in [1.165, 1.54) is 55.6 Å². The van der Waals surface area contributed by atoms with Gasteiger partial charge in [-0.05, 0) is 97.1 Å². The number of hydrogen-bond acceptors (Lipinski definition) is 2. The molecule has 2 nitrogen and oxygen atoms in total. The molecule has 0 spiro atoms. The smallest absolute Gasteiger partial charge is 0.153 e. The highest BCUT2D eigenvalue weighted by Crippen LogP contribution is 2.50. The lowest BCUT2D eigenvalue weighted by molar-refractivity contribution is 0.668. The zero-order chi connectivity index (χ0) is 28.3. The molecule has 1 aliphatic carbocycles. The predicted molar refractivity (Wildman–Crippen MR) is 178 cm³/mol. The van der Waals surface area contributed by atoms with Gasteiger partial charge in [-0.2, -0.15) is 0 Å². The molecular weight excluding hydrogens is 522 g/mol. The van der Waals surface area contributed by atoms with Crippen molar-refractivity contribution in [2.24, 2.45) is 0 Å². The van der Waals surface area contributed by atoms with Crippen molar-refractivity contribution >= 4 is 22.1 Å². The second-order valence-electron chi connectivity index (χ2n) is 11.1. The van der Waals surface area contributed by atoms with E-state index in [0.29, 0.717) is 0 Å². The van der Waals surface area contributed by atoms with Crippen molar-refractivity contribution in [3.63, 3.8) is 0 Å². The summed E-state index contributed by atoms with van der Waals surface area (Å²) in [5.41, 5.74) is 17.3. The van der Waals surface area contributed by atoms with Crippen molar-refractivity contribution in [2.45, 2.75) is 0 Å². The minimum Gasteiger partial charge on any atom is -0.454 e. The monoisotopic (exact) mass is 547 g/mol. The first-order valence-electron chi connectivity index (χ1n) is 14.6. The van der Waals surface area contributed by atoms with Crippen LogP contribution in [0.15, 0.2) is 156 Å². The molecule has 2 heterocycles. The highest BCUT2D eigenvalue weighted by Gasteiger charge is 2.23. The zero-order valence-corrected chi connectivity index (χ0v) is 23.3. The largest absolute Gasteiger partial charge is 0.454 e. The number of nitrogens with zero attached hydrogens (tertiary/aromatic N) is 1. The average Bonchev–Trinajstić information content (AvgIpc) is 3.45. The van der Waals surface area contributed by atoms with E-state index in [9.17, 15) is 0 Å². The first kappa shape index (κ1) is 23.9. The Balaban J connectivity index is 1.29. The minimum absolute atomic E-state index is 0.812. The van der Waals surface area contributed by atoms with Crippen LogP contribution in [0.1, 0.15) is 0 Å². The van der Waals surface area contributed by atoms with Gasteiger partial charge in [0.2, 0.25) is 0 Å². The summed E-state index contributed by atoms with van der Waals surface area (Å²) in [4.78, 5) is 4.60. The van der Waals surface area contributed by atoms with Gasteiger partial charge in [-0.25, -0.2) is 0 Å². The lowest BCUT2D eigenvalue weighted by Gasteiger charge is -2.25. The Morgan fingerprint density at radius 1 is 0.372 bits per heavy atom. The van der Waals surface area contributed by atoms with Gasteiger partial charge in [-0.15, -0.1) is 0 Å². The SMILES string of the molecule is c1cc(-c2ccc3oc4cccnc4c3c2)cc(-c2cccc3c2-c2ccccc2-c2ccccc2-c2ccccc2-3)c1. The molecule has 0 amide bonds. The molecule has 6 aromatic carbocycles. The Morgan fingerprint density at radius 2 is 0.930 bits per heavy atom. The average molecular weight is 548 g/mol. The normalized spacial score (nSPS) is 11.7. The Bertz CT molecular complexity index is 2350. The van der Waals surface area contributed by atoms with Crippen LogP contribution >= 0.6 is 0 Å². The number of hydrogen-bond donors (Lipinski definition) is 0. The minimum atomic E-state index is 0.812. The van der Waals surface area contributed by atoms with Gasteiger partial charge in [0, 0.05) is 11.6 Å². The lowest BCUT2D eigenvalue weighted by Crippen LogP contribution is -1.98. The molecular formula is C41H25NO. The van der Waals surface area contributed by atoms with Gasteiger partial charge in [0.15, 0.2) is 5.58 Å². The Morgan fingerprint density at radius 3 is 1.67 bits per heavy atom. The molecule has 2 heteroatoms. The van der Waals surface area contributed by atoms with Crippen molar-refractivity contribution in [1.82, 2.24) is 4.98 Å². The van der Waals surface area contributed by atoms with Crippen molar-refractivity contribution in [3.8, 4) is 66.8 Å². The summed E-state index contributed by atoms with van der Waals surface area (Å²) in [6.45, 7) is 0. The number of benzene rings is 6. The van der Waals surface area contributed by atoms with Crippen molar-refractivity contribution < 1.29 is 4.42 Å². The molecule has 2 aromatic heterocycles. The van der Waals surface area contributed by atoms with Crippen molar-refractivity contribution in [1.29, 1.82) is 0 Å². The highest BCUT2D eigenvalue weighted by atomic mass is 16.3. The van der Waals surface area contributed by atoms with E-state index in [4.69, 9.17) is 4.42 Å². The van der Waals surface area contributed by atoms with Gasteiger partial charge in [0.1, 0.15) is 11.1 Å². The van der Waals surface area contributed by atoms with Crippen molar-refractivity contribution in [3.05, 3.63) is 152 Å². The fourth-order valence-electron chi connectivity index (χ4n) is 6.79. The maximum atomic E-state index is 6.05. The number of furan rings is 1. The summed E-state index contributed by atoms with van der Waals surface area (Å²) >= 11 is 0. The van der Waals surface area contributed by atoms with E-state index < -0.39 is 0 Å². The van der Waals surface area contributed by atoms with Gasteiger partial charge in [-0.3, -0.25) is 4.98 Å². The maximum Gasteiger partial charge on any atom is 0.153 e. The Hall–Kier alpha value is -5.73. The van der Waals surface area contributed by atoms with Crippen LogP contribution in [0.2, 0.25) is 0 Å². The molecule has 0 bridgehead atoms. The first-order valence-corrected chi connectivity index (χ1v) is 14.6. The molecule has 0 saturated carbocycles. The summed E-state index contributed by atoms with van der Waals surface area (Å²) in [7, 11) is 0. The molecule has 0 unspecified atom stereocenters. The second kappa shape index (κ2) is 9.40. The predicted octanol–water partition coefficient (Wildman–Crippen LogP) is 11.3. The summed E-state index contributed by atoms with van der Waals surface area (Å²) < 4.78 is 6.05. The molecule has 43 heavy (non-hydrogen) atoms. The quantitative estimate of drug-likeness (QED) is 0.215. The second-order valence-corrected chi connectivity index (χ2v) is 11.1. The molecule has 0 atom stereocenters. The number of fused-ring (bicyclic) bond motifs is 11. The van der Waals surface area contributed by atoms with Gasteiger partial charge in [-0.1, -0.05) is 115 Å². The fourth-order valence-corrected chi connectivity index (χ4v) is 6.79. The molecule has 0 aliphatic heterocycles. The number of rotatable bonds is 2. The van der Waals surface area contributed by atoms with E-state index in [1.807, 2.05) is 18.3 Å². The Labute approximate surface area is 249 Å². The van der Waals surface area contributed by atoms with Gasteiger partial charge in [0.25, 0.3) is 0 Å². The summed E-state index contributed by atoms with van der Waals surface area (Å²) in [6.07, 6.45) is 1.82. The van der Waals surface area contributed by atoms with Crippen LogP contribution in [-0.2, 0) is 0 Å². The Kier molecular flexibility index (Phi) is 5.23. The molecule has 200 valence electrons. The van der Waals surface area contributed by atoms with E-state index in [0.717, 1.165) is 33.2 Å². The zero-order valence-electron chi connectivity index (χ0n) is 23.3. The molecule has 0 N–H and O–H groups in total. The topological polar surface area (TPSA) is 26.0 Å². The van der Waals surface area contributed by atoms with Crippen LogP contribution in [0.25, 0.3) is 88.8 Å². The van der Waals surface area contributed by atoms with E-state index in [-0.39, 0.29) is 0 Å². The van der Waals surface area contributed by atoms with Crippen LogP contribution < -0.4 is 0 Å². The maximum absolute atomic E-state index is 6.05. The summed E-state index contributed by atoms with van der Waals surface area (Å²) in [5, 5.41) is 1.03. The molecule has 0 fully saturated rings. The molecule has 0 saturated heterocycles. The standard InChI is InChI=1S/C41H25NO/c1-2-13-31-30(12-1)32-14-3-4-15-34(32)36-19-8-18-29(40(36)35-17-6-5-16-33(31)35)28-11-7-10-26(24-28)27-21-22-38-37(25-27)41-39(43-38)20-9-23-42-41/h1-25H. The van der Waals surface area contributed by atoms with Crippen LogP contribution in [0.5, 0.6) is 0 Å². The van der Waals surface area contributed by atoms with Crippen molar-refractivity contribution in [2.75, 3.05) is 0 Å². The third kappa shape index (κ3) is 3.70. The number of aromatic nitrogens is 1. The molecule has 1 aliphatic rings. The van der Waals surface area contributed by atoms with Gasteiger partial charge >= 0.3 is 0 Å².